The van der Waals surface area contributed by atoms with Crippen molar-refractivity contribution in [1.29, 1.82) is 0 Å². The highest BCUT2D eigenvalue weighted by atomic mass is 32.2. The lowest BCUT2D eigenvalue weighted by Gasteiger charge is -2.22. The van der Waals surface area contributed by atoms with E-state index in [1.54, 1.807) is 18.2 Å². The maximum absolute atomic E-state index is 14.0. The Bertz CT molecular complexity index is 1120. The number of fused-ring (bicyclic) bond motifs is 1. The Kier molecular flexibility index (Phi) is 5.17. The maximum Gasteiger partial charge on any atom is 0.242 e. The van der Waals surface area contributed by atoms with E-state index in [0.29, 0.717) is 4.91 Å². The fourth-order valence-electron chi connectivity index (χ4n) is 2.97. The molecule has 0 saturated carbocycles. The van der Waals surface area contributed by atoms with Crippen LogP contribution in [0.5, 0.6) is 5.75 Å². The van der Waals surface area contributed by atoms with Gasteiger partial charge in [-0.1, -0.05) is 29.1 Å². The first kappa shape index (κ1) is 19.6. The number of phenolic OH excluding ortho intramolecular Hbond substituents is 1. The first-order valence-electron chi connectivity index (χ1n) is 8.57. The number of hydrogen-bond acceptors (Lipinski definition) is 7. The Morgan fingerprint density at radius 2 is 1.97 bits per heavy atom. The number of rotatable bonds is 5. The first-order valence-corrected chi connectivity index (χ1v) is 10.9. The van der Waals surface area contributed by atoms with Gasteiger partial charge in [0.2, 0.25) is 10.0 Å². The number of aromatic hydroxyl groups is 1. The topological polar surface area (TPSA) is 105 Å². The van der Waals surface area contributed by atoms with Crippen LogP contribution in [-0.2, 0) is 10.0 Å². The molecule has 2 atom stereocenters. The average molecular weight is 439 g/mol. The van der Waals surface area contributed by atoms with Crippen LogP contribution in [0.25, 0.3) is 4.91 Å². The van der Waals surface area contributed by atoms with Crippen molar-refractivity contribution in [1.82, 2.24) is 15.0 Å². The fourth-order valence-corrected chi connectivity index (χ4v) is 5.33. The van der Waals surface area contributed by atoms with Crippen molar-refractivity contribution in [3.8, 4) is 5.75 Å². The van der Waals surface area contributed by atoms with Gasteiger partial charge >= 0.3 is 0 Å². The molecule has 0 radical (unpaired) electrons. The third-order valence-electron chi connectivity index (χ3n) is 4.42. The molecule has 0 fully saturated rings. The molecule has 1 aromatic carbocycles. The second kappa shape index (κ2) is 7.64. The number of hydrogen-bond donors (Lipinski definition) is 2. The van der Waals surface area contributed by atoms with E-state index in [1.165, 1.54) is 36.0 Å². The highest BCUT2D eigenvalue weighted by Crippen LogP contribution is 2.43. The zero-order valence-electron chi connectivity index (χ0n) is 14.7. The Balaban J connectivity index is 1.59. The zero-order valence-corrected chi connectivity index (χ0v) is 16.4. The smallest absolute Gasteiger partial charge is 0.242 e. The number of allylic oxidation sites excluding steroid dienone is 4. The van der Waals surface area contributed by atoms with Crippen LogP contribution in [0.2, 0.25) is 0 Å². The Morgan fingerprint density at radius 1 is 1.21 bits per heavy atom. The summed E-state index contributed by atoms with van der Waals surface area (Å²) >= 11 is 1.31. The molecule has 1 aromatic heterocycles. The monoisotopic (exact) mass is 439 g/mol. The summed E-state index contributed by atoms with van der Waals surface area (Å²) in [6.45, 7) is 0. The lowest BCUT2D eigenvalue weighted by molar-refractivity contribution is 0.302. The largest absolute Gasteiger partial charge is 0.508 e. The summed E-state index contributed by atoms with van der Waals surface area (Å²) in [5, 5.41) is 15.8. The molecule has 152 valence electrons. The van der Waals surface area contributed by atoms with E-state index in [4.69, 9.17) is 4.63 Å². The number of halogens is 2. The van der Waals surface area contributed by atoms with E-state index in [-0.39, 0.29) is 30.0 Å². The van der Waals surface area contributed by atoms with Gasteiger partial charge in [0.25, 0.3) is 0 Å². The third-order valence-corrected chi connectivity index (χ3v) is 7.18. The SMILES string of the molecule is O=S(=O)(NC1=C(F)C(F)CC=C1)C1CC=C(Sc2ccc(O)cc2)c2nonc21. The zero-order chi connectivity index (χ0) is 20.6. The van der Waals surface area contributed by atoms with Gasteiger partial charge in [-0.2, -0.15) is 0 Å². The van der Waals surface area contributed by atoms with Gasteiger partial charge < -0.3 is 5.11 Å². The molecule has 29 heavy (non-hydrogen) atoms. The molecule has 2 unspecified atom stereocenters. The molecule has 7 nitrogen and oxygen atoms in total. The molecule has 2 aliphatic carbocycles. The van der Waals surface area contributed by atoms with Crippen LogP contribution in [0.4, 0.5) is 8.78 Å². The number of nitrogens with one attached hydrogen (secondary N) is 1. The number of phenols is 1. The molecule has 4 rings (SSSR count). The van der Waals surface area contributed by atoms with Crippen LogP contribution >= 0.6 is 11.8 Å². The van der Waals surface area contributed by atoms with Crippen LogP contribution in [-0.4, -0.2) is 30.0 Å². The molecule has 2 N–H and O–H groups in total. The van der Waals surface area contributed by atoms with Crippen LogP contribution < -0.4 is 4.72 Å². The lowest BCUT2D eigenvalue weighted by Crippen LogP contribution is -2.31. The van der Waals surface area contributed by atoms with Gasteiger partial charge in [-0.3, -0.25) is 4.72 Å². The van der Waals surface area contributed by atoms with Crippen LogP contribution in [0.3, 0.4) is 0 Å². The van der Waals surface area contributed by atoms with Gasteiger partial charge in [0.15, 0.2) is 12.0 Å². The summed E-state index contributed by atoms with van der Waals surface area (Å²) in [7, 11) is -4.14. The Morgan fingerprint density at radius 3 is 2.72 bits per heavy atom. The van der Waals surface area contributed by atoms with Crippen LogP contribution in [0.1, 0.15) is 29.5 Å². The minimum atomic E-state index is -4.14. The quantitative estimate of drug-likeness (QED) is 0.731. The van der Waals surface area contributed by atoms with Crippen molar-refractivity contribution in [2.45, 2.75) is 29.2 Å². The second-order valence-corrected chi connectivity index (χ2v) is 9.38. The van der Waals surface area contributed by atoms with Crippen LogP contribution in [0, 0.1) is 0 Å². The van der Waals surface area contributed by atoms with Crippen molar-refractivity contribution in [3.05, 3.63) is 65.4 Å². The van der Waals surface area contributed by atoms with E-state index in [0.717, 1.165) is 4.90 Å². The summed E-state index contributed by atoms with van der Waals surface area (Å²) < 4.78 is 60.0. The first-order chi connectivity index (χ1) is 13.8. The maximum atomic E-state index is 14.0. The standard InChI is InChI=1S/C18H15F2N3O4S2/c19-12-2-1-3-13(16(12)20)23-29(25,26)15-9-8-14(17-18(15)22-27-21-17)28-11-6-4-10(24)5-7-11/h1,3-8,12,15,23-24H,2,9H2. The van der Waals surface area contributed by atoms with Crippen molar-refractivity contribution in [3.63, 3.8) is 0 Å². The van der Waals surface area contributed by atoms with Gasteiger partial charge in [0.05, 0.1) is 5.70 Å². The molecule has 2 aromatic rings. The second-order valence-electron chi connectivity index (χ2n) is 6.40. The van der Waals surface area contributed by atoms with Crippen molar-refractivity contribution in [2.24, 2.45) is 0 Å². The molecule has 0 aliphatic heterocycles. The molecule has 1 heterocycles. The minimum Gasteiger partial charge on any atom is -0.508 e. The summed E-state index contributed by atoms with van der Waals surface area (Å²) in [4.78, 5) is 1.45. The normalized spacial score (nSPS) is 21.7. The molecule has 0 bridgehead atoms. The third kappa shape index (κ3) is 3.92. The lowest BCUT2D eigenvalue weighted by atomic mass is 10.1. The summed E-state index contributed by atoms with van der Waals surface area (Å²) in [6, 6.07) is 6.47. The molecule has 0 amide bonds. The van der Waals surface area contributed by atoms with Gasteiger partial charge in [-0.15, -0.1) is 0 Å². The average Bonchev–Trinajstić information content (AvgIpc) is 3.17. The summed E-state index contributed by atoms with van der Waals surface area (Å²) in [5.41, 5.74) is -0.0596. The molecule has 0 saturated heterocycles. The van der Waals surface area contributed by atoms with Crippen molar-refractivity contribution < 1.29 is 26.9 Å². The van der Waals surface area contributed by atoms with Crippen molar-refractivity contribution in [2.75, 3.05) is 0 Å². The number of sulfonamides is 1. The van der Waals surface area contributed by atoms with Gasteiger partial charge in [-0.05, 0) is 41.9 Å². The summed E-state index contributed by atoms with van der Waals surface area (Å²) in [6.07, 6.45) is 2.28. The van der Waals surface area contributed by atoms with Gasteiger partial charge in [0, 0.05) is 16.2 Å². The Hall–Kier alpha value is -2.66. The van der Waals surface area contributed by atoms with E-state index >= 15 is 0 Å². The molecule has 11 heteroatoms. The van der Waals surface area contributed by atoms with E-state index in [9.17, 15) is 22.3 Å². The number of alkyl halides is 1. The molecule has 2 aliphatic rings. The van der Waals surface area contributed by atoms with E-state index in [2.05, 4.69) is 15.0 Å². The molecular formula is C18H15F2N3O4S2. The summed E-state index contributed by atoms with van der Waals surface area (Å²) in [5.74, 6) is -1.02. The van der Waals surface area contributed by atoms with E-state index in [1.807, 2.05) is 0 Å². The van der Waals surface area contributed by atoms with Gasteiger partial charge in [0.1, 0.15) is 22.4 Å². The van der Waals surface area contributed by atoms with Crippen molar-refractivity contribution >= 4 is 26.7 Å². The highest BCUT2D eigenvalue weighted by Gasteiger charge is 2.37. The number of aromatic nitrogens is 2. The number of benzene rings is 1. The number of thioether (sulfide) groups is 1. The van der Waals surface area contributed by atoms with E-state index < -0.39 is 33.0 Å². The predicted octanol–water partition coefficient (Wildman–Crippen LogP) is 3.75. The fraction of sp³-hybridized carbons (Fsp3) is 0.222. The van der Waals surface area contributed by atoms with Crippen LogP contribution in [0.15, 0.2) is 63.5 Å². The molecule has 0 spiro atoms. The predicted molar refractivity (Wildman–Crippen MR) is 102 cm³/mol. The Labute approximate surface area is 169 Å². The number of nitrogens with zero attached hydrogens (tertiary/aromatic N) is 2. The minimum absolute atomic E-state index is 0.0502. The molecular weight excluding hydrogens is 424 g/mol. The van der Waals surface area contributed by atoms with Gasteiger partial charge in [-0.25, -0.2) is 21.8 Å². The highest BCUT2D eigenvalue weighted by molar-refractivity contribution is 8.08.